The lowest BCUT2D eigenvalue weighted by Crippen LogP contribution is -2.21. The van der Waals surface area contributed by atoms with Gasteiger partial charge in [-0.3, -0.25) is 0 Å². The van der Waals surface area contributed by atoms with Crippen LogP contribution in [-0.2, 0) is 10.8 Å². The smallest absolute Gasteiger partial charge is 0.404 e. The summed E-state index contributed by atoms with van der Waals surface area (Å²) in [7, 11) is 0. The summed E-state index contributed by atoms with van der Waals surface area (Å²) in [4.78, 5) is 10.1. The summed E-state index contributed by atoms with van der Waals surface area (Å²) in [6.45, 7) is 6.23. The van der Waals surface area contributed by atoms with E-state index in [-0.39, 0.29) is 5.92 Å². The Kier molecular flexibility index (Phi) is 4.88. The number of aldehydes is 1. The first-order valence-electron chi connectivity index (χ1n) is 5.79. The normalized spacial score (nSPS) is 13.2. The molecule has 0 saturated carbocycles. The van der Waals surface area contributed by atoms with E-state index in [1.807, 2.05) is 19.1 Å². The molecule has 0 aliphatic heterocycles. The van der Waals surface area contributed by atoms with Gasteiger partial charge < -0.3 is 4.42 Å². The number of carboxylic acid groups (broad SMARTS) is 1. The van der Waals surface area contributed by atoms with Crippen molar-refractivity contribution in [3.05, 3.63) is 35.4 Å². The van der Waals surface area contributed by atoms with Gasteiger partial charge in [0.2, 0.25) is 0 Å². The van der Waals surface area contributed by atoms with Crippen LogP contribution < -0.4 is 5.11 Å². The molecule has 0 radical (unpaired) electrons. The molecule has 0 heterocycles. The SMILES string of the molecule is CC(C)Cc1ccc(C(C)C=[O+]C(=O)[O-])cc1. The van der Waals surface area contributed by atoms with E-state index in [0.29, 0.717) is 5.92 Å². The van der Waals surface area contributed by atoms with Crippen molar-refractivity contribution in [3.63, 3.8) is 0 Å². The minimum absolute atomic E-state index is 0.0685. The lowest BCUT2D eigenvalue weighted by molar-refractivity contribution is -0.463. The molecule has 1 rings (SSSR count). The van der Waals surface area contributed by atoms with Crippen molar-refractivity contribution in [2.75, 3.05) is 0 Å². The topological polar surface area (TPSA) is 51.4 Å². The van der Waals surface area contributed by atoms with Gasteiger partial charge in [-0.1, -0.05) is 45.0 Å². The Hall–Kier alpha value is -1.64. The summed E-state index contributed by atoms with van der Waals surface area (Å²) in [5, 5.41) is 10.1. The van der Waals surface area contributed by atoms with Gasteiger partial charge >= 0.3 is 6.16 Å². The molecule has 0 fully saturated rings. The summed E-state index contributed by atoms with van der Waals surface area (Å²) in [6.07, 6.45) is 0.800. The van der Waals surface area contributed by atoms with Gasteiger partial charge in [-0.25, -0.2) is 0 Å². The first-order valence-corrected chi connectivity index (χ1v) is 5.79. The van der Waals surface area contributed by atoms with Crippen LogP contribution in [0.2, 0.25) is 0 Å². The van der Waals surface area contributed by atoms with Crippen LogP contribution in [0.25, 0.3) is 0 Å². The molecule has 0 saturated heterocycles. The fourth-order valence-corrected chi connectivity index (χ4v) is 1.66. The molecular formula is C14H18O3. The third-order valence-corrected chi connectivity index (χ3v) is 2.52. The maximum absolute atomic E-state index is 10.1. The molecule has 0 bridgehead atoms. The summed E-state index contributed by atoms with van der Waals surface area (Å²) < 4.78 is 4.33. The van der Waals surface area contributed by atoms with Gasteiger partial charge in [-0.05, 0) is 23.5 Å². The Balaban J connectivity index is 2.70. The molecule has 0 aliphatic carbocycles. The second-order valence-electron chi connectivity index (χ2n) is 4.63. The van der Waals surface area contributed by atoms with Gasteiger partial charge in [0.05, 0.1) is 6.29 Å². The molecule has 0 amide bonds. The van der Waals surface area contributed by atoms with Crippen molar-refractivity contribution in [1.29, 1.82) is 0 Å². The molecule has 0 N–H and O–H groups in total. The van der Waals surface area contributed by atoms with E-state index in [0.717, 1.165) is 12.0 Å². The van der Waals surface area contributed by atoms with Crippen LogP contribution in [0.1, 0.15) is 37.8 Å². The second kappa shape index (κ2) is 6.18. The first-order chi connectivity index (χ1) is 7.99. The average Bonchev–Trinajstić information content (AvgIpc) is 2.26. The molecule has 0 aromatic heterocycles. The Labute approximate surface area is 102 Å². The maximum Gasteiger partial charge on any atom is 0.554 e. The standard InChI is InChI=1S/C14H18O3/c1-10(2)8-12-4-6-13(7-5-12)11(3)9-17-14(15)16/h4-7,9-11H,8H2,1-3H3. The summed E-state index contributed by atoms with van der Waals surface area (Å²) in [5.74, 6) is 0.562. The molecular weight excluding hydrogens is 216 g/mol. The quantitative estimate of drug-likeness (QED) is 0.591. The summed E-state index contributed by atoms with van der Waals surface area (Å²) in [6, 6.07) is 8.13. The van der Waals surface area contributed by atoms with E-state index >= 15 is 0 Å². The minimum Gasteiger partial charge on any atom is -0.404 e. The Bertz CT molecular complexity index is 390. The minimum atomic E-state index is -1.52. The van der Waals surface area contributed by atoms with E-state index in [9.17, 15) is 9.90 Å². The molecule has 1 aromatic carbocycles. The van der Waals surface area contributed by atoms with Crippen molar-refractivity contribution in [3.8, 4) is 0 Å². The Morgan fingerprint density at radius 2 is 1.88 bits per heavy atom. The van der Waals surface area contributed by atoms with E-state index in [2.05, 4.69) is 30.4 Å². The highest BCUT2D eigenvalue weighted by Crippen LogP contribution is 2.15. The lowest BCUT2D eigenvalue weighted by atomic mass is 9.98. The predicted octanol–water partition coefficient (Wildman–Crippen LogP) is 2.07. The third-order valence-electron chi connectivity index (χ3n) is 2.52. The van der Waals surface area contributed by atoms with Crippen LogP contribution in [0.5, 0.6) is 0 Å². The number of carbonyl (C=O) groups is 1. The maximum atomic E-state index is 10.1. The summed E-state index contributed by atoms with van der Waals surface area (Å²) in [5.41, 5.74) is 2.32. The van der Waals surface area contributed by atoms with Crippen molar-refractivity contribution >= 4 is 12.4 Å². The van der Waals surface area contributed by atoms with Crippen LogP contribution in [0.4, 0.5) is 4.79 Å². The van der Waals surface area contributed by atoms with E-state index in [4.69, 9.17) is 0 Å². The number of carbonyl (C=O) groups excluding carboxylic acids is 2. The molecule has 92 valence electrons. The monoisotopic (exact) mass is 234 g/mol. The van der Waals surface area contributed by atoms with Crippen molar-refractivity contribution in [1.82, 2.24) is 0 Å². The molecule has 0 spiro atoms. The number of benzene rings is 1. The van der Waals surface area contributed by atoms with E-state index in [1.54, 1.807) is 0 Å². The highest BCUT2D eigenvalue weighted by Gasteiger charge is 2.05. The van der Waals surface area contributed by atoms with Gasteiger partial charge in [0.1, 0.15) is 0 Å². The molecule has 1 atom stereocenters. The van der Waals surface area contributed by atoms with Gasteiger partial charge in [0.15, 0.2) is 0 Å². The third kappa shape index (κ3) is 4.81. The van der Waals surface area contributed by atoms with Gasteiger partial charge in [-0.15, -0.1) is 0 Å². The zero-order chi connectivity index (χ0) is 12.8. The van der Waals surface area contributed by atoms with Crippen LogP contribution >= 0.6 is 0 Å². The molecule has 3 heteroatoms. The fourth-order valence-electron chi connectivity index (χ4n) is 1.66. The molecule has 1 unspecified atom stereocenters. The van der Waals surface area contributed by atoms with Crippen LogP contribution in [-0.4, -0.2) is 12.4 Å². The Morgan fingerprint density at radius 3 is 2.35 bits per heavy atom. The summed E-state index contributed by atoms with van der Waals surface area (Å²) >= 11 is 0. The molecule has 3 nitrogen and oxygen atoms in total. The van der Waals surface area contributed by atoms with Crippen molar-refractivity contribution < 1.29 is 14.3 Å². The van der Waals surface area contributed by atoms with Gasteiger partial charge in [-0.2, -0.15) is 9.90 Å². The second-order valence-corrected chi connectivity index (χ2v) is 4.63. The number of hydrogen-bond donors (Lipinski definition) is 0. The van der Waals surface area contributed by atoms with Crippen molar-refractivity contribution in [2.45, 2.75) is 33.1 Å². The molecule has 17 heavy (non-hydrogen) atoms. The number of rotatable bonds is 4. The van der Waals surface area contributed by atoms with Crippen LogP contribution in [0, 0.1) is 5.92 Å². The Morgan fingerprint density at radius 1 is 1.29 bits per heavy atom. The van der Waals surface area contributed by atoms with Crippen LogP contribution in [0.15, 0.2) is 24.3 Å². The first kappa shape index (κ1) is 13.4. The van der Waals surface area contributed by atoms with Crippen molar-refractivity contribution in [2.24, 2.45) is 5.92 Å². The molecule has 1 aromatic rings. The van der Waals surface area contributed by atoms with E-state index in [1.165, 1.54) is 11.8 Å². The predicted molar refractivity (Wildman–Crippen MR) is 64.9 cm³/mol. The average molecular weight is 234 g/mol. The highest BCUT2D eigenvalue weighted by atomic mass is 16.6. The fraction of sp³-hybridized carbons (Fsp3) is 0.429. The molecule has 0 aliphatic rings. The largest absolute Gasteiger partial charge is 0.554 e. The zero-order valence-electron chi connectivity index (χ0n) is 10.5. The number of hydrogen-bond acceptors (Lipinski definition) is 2. The zero-order valence-corrected chi connectivity index (χ0v) is 10.5. The lowest BCUT2D eigenvalue weighted by Gasteiger charge is -2.08. The highest BCUT2D eigenvalue weighted by molar-refractivity contribution is 5.66. The van der Waals surface area contributed by atoms with E-state index < -0.39 is 6.16 Å². The van der Waals surface area contributed by atoms with Gasteiger partial charge in [0, 0.05) is 5.92 Å². The van der Waals surface area contributed by atoms with Gasteiger partial charge in [0.25, 0.3) is 0 Å². The van der Waals surface area contributed by atoms with Crippen LogP contribution in [0.3, 0.4) is 0 Å².